The van der Waals surface area contributed by atoms with Crippen LogP contribution in [0.4, 0.5) is 0 Å². The van der Waals surface area contributed by atoms with Crippen LogP contribution in [0.2, 0.25) is 0 Å². The molecule has 0 unspecified atom stereocenters. The SMILES string of the molecule is COCC[NH2+][C@@H](C)CC[C@H](C)Oc1ccccc1C. The van der Waals surface area contributed by atoms with Crippen molar-refractivity contribution in [3.05, 3.63) is 29.8 Å². The number of benzene rings is 1. The summed E-state index contributed by atoms with van der Waals surface area (Å²) in [5.41, 5.74) is 1.20. The predicted octanol–water partition coefficient (Wildman–Crippen LogP) is 2.14. The number of hydrogen-bond acceptors (Lipinski definition) is 2. The quantitative estimate of drug-likeness (QED) is 0.695. The number of ether oxygens (including phenoxy) is 2. The Labute approximate surface area is 117 Å². The van der Waals surface area contributed by atoms with Crippen LogP contribution in [-0.2, 0) is 4.74 Å². The van der Waals surface area contributed by atoms with Crippen LogP contribution in [0.15, 0.2) is 24.3 Å². The second-order valence-electron chi connectivity index (χ2n) is 5.27. The van der Waals surface area contributed by atoms with Crippen molar-refractivity contribution < 1.29 is 14.8 Å². The largest absolute Gasteiger partial charge is 0.490 e. The van der Waals surface area contributed by atoms with Crippen LogP contribution in [0.3, 0.4) is 0 Å². The molecular weight excluding hydrogens is 238 g/mol. The molecule has 0 aromatic heterocycles. The maximum Gasteiger partial charge on any atom is 0.122 e. The van der Waals surface area contributed by atoms with Crippen LogP contribution in [-0.4, -0.2) is 32.4 Å². The normalized spacial score (nSPS) is 14.1. The molecule has 0 fully saturated rings. The fourth-order valence-corrected chi connectivity index (χ4v) is 2.05. The summed E-state index contributed by atoms with van der Waals surface area (Å²) in [6, 6.07) is 8.82. The van der Waals surface area contributed by atoms with E-state index < -0.39 is 0 Å². The Hall–Kier alpha value is -1.06. The summed E-state index contributed by atoms with van der Waals surface area (Å²) in [6.45, 7) is 8.35. The highest BCUT2D eigenvalue weighted by molar-refractivity contribution is 5.31. The lowest BCUT2D eigenvalue weighted by Gasteiger charge is -2.18. The fraction of sp³-hybridized carbons (Fsp3) is 0.625. The third kappa shape index (κ3) is 6.60. The third-order valence-corrected chi connectivity index (χ3v) is 3.34. The van der Waals surface area contributed by atoms with Gasteiger partial charge in [-0.3, -0.25) is 0 Å². The first kappa shape index (κ1) is 16.0. The second kappa shape index (κ2) is 8.94. The van der Waals surface area contributed by atoms with Crippen LogP contribution in [0.25, 0.3) is 0 Å². The van der Waals surface area contributed by atoms with Crippen molar-refractivity contribution in [1.29, 1.82) is 0 Å². The topological polar surface area (TPSA) is 35.1 Å². The van der Waals surface area contributed by atoms with E-state index >= 15 is 0 Å². The minimum Gasteiger partial charge on any atom is -0.490 e. The minimum absolute atomic E-state index is 0.263. The Kier molecular flexibility index (Phi) is 7.53. The summed E-state index contributed by atoms with van der Waals surface area (Å²) in [5, 5.41) is 2.34. The molecule has 0 aliphatic heterocycles. The molecule has 3 heteroatoms. The number of methoxy groups -OCH3 is 1. The second-order valence-corrected chi connectivity index (χ2v) is 5.27. The van der Waals surface area contributed by atoms with Gasteiger partial charge in [0, 0.05) is 13.5 Å². The van der Waals surface area contributed by atoms with E-state index in [4.69, 9.17) is 9.47 Å². The number of aryl methyl sites for hydroxylation is 1. The van der Waals surface area contributed by atoms with Gasteiger partial charge in [-0.2, -0.15) is 0 Å². The van der Waals surface area contributed by atoms with Gasteiger partial charge in [0.25, 0.3) is 0 Å². The molecule has 0 saturated carbocycles. The molecule has 19 heavy (non-hydrogen) atoms. The summed E-state index contributed by atoms with van der Waals surface area (Å²) in [7, 11) is 1.75. The van der Waals surface area contributed by atoms with Crippen molar-refractivity contribution in [2.24, 2.45) is 0 Å². The smallest absolute Gasteiger partial charge is 0.122 e. The minimum atomic E-state index is 0.263. The lowest BCUT2D eigenvalue weighted by Crippen LogP contribution is -2.90. The predicted molar refractivity (Wildman–Crippen MR) is 78.6 cm³/mol. The fourth-order valence-electron chi connectivity index (χ4n) is 2.05. The van der Waals surface area contributed by atoms with Gasteiger partial charge in [-0.15, -0.1) is 0 Å². The van der Waals surface area contributed by atoms with Gasteiger partial charge in [0.15, 0.2) is 0 Å². The summed E-state index contributed by atoms with van der Waals surface area (Å²) in [5.74, 6) is 1.01. The number of nitrogens with two attached hydrogens (primary N) is 1. The van der Waals surface area contributed by atoms with E-state index in [1.807, 2.05) is 18.2 Å². The molecule has 2 N–H and O–H groups in total. The number of para-hydroxylation sites is 1. The van der Waals surface area contributed by atoms with Gasteiger partial charge in [-0.1, -0.05) is 18.2 Å². The van der Waals surface area contributed by atoms with E-state index in [-0.39, 0.29) is 6.10 Å². The first-order valence-electron chi connectivity index (χ1n) is 7.18. The van der Waals surface area contributed by atoms with E-state index in [1.54, 1.807) is 7.11 Å². The lowest BCUT2D eigenvalue weighted by molar-refractivity contribution is -0.687. The molecule has 0 aliphatic carbocycles. The average Bonchev–Trinajstić information content (AvgIpc) is 2.39. The summed E-state index contributed by atoms with van der Waals surface area (Å²) in [4.78, 5) is 0. The van der Waals surface area contributed by atoms with E-state index in [1.165, 1.54) is 5.56 Å². The Balaban J connectivity index is 2.24. The monoisotopic (exact) mass is 266 g/mol. The standard InChI is InChI=1S/C16H27NO2/c1-13-7-5-6-8-16(13)19-15(3)10-9-14(2)17-11-12-18-4/h5-8,14-15,17H,9-12H2,1-4H3/p+1/t14-,15-/m0/s1. The van der Waals surface area contributed by atoms with Crippen molar-refractivity contribution in [3.63, 3.8) is 0 Å². The molecule has 0 amide bonds. The Morgan fingerprint density at radius 3 is 2.58 bits per heavy atom. The zero-order valence-electron chi connectivity index (χ0n) is 12.7. The average molecular weight is 266 g/mol. The molecule has 3 nitrogen and oxygen atoms in total. The summed E-state index contributed by atoms with van der Waals surface area (Å²) >= 11 is 0. The van der Waals surface area contributed by atoms with E-state index in [2.05, 4.69) is 32.2 Å². The van der Waals surface area contributed by atoms with E-state index in [0.29, 0.717) is 6.04 Å². The van der Waals surface area contributed by atoms with Gasteiger partial charge in [-0.25, -0.2) is 0 Å². The molecule has 0 aliphatic rings. The van der Waals surface area contributed by atoms with Crippen molar-refractivity contribution in [3.8, 4) is 5.75 Å². The maximum atomic E-state index is 5.98. The molecule has 0 heterocycles. The van der Waals surface area contributed by atoms with Gasteiger partial charge in [-0.05, 0) is 38.8 Å². The van der Waals surface area contributed by atoms with Crippen LogP contribution in [0.1, 0.15) is 32.3 Å². The Bertz CT molecular complexity index is 354. The molecule has 0 spiro atoms. The Morgan fingerprint density at radius 1 is 1.16 bits per heavy atom. The third-order valence-electron chi connectivity index (χ3n) is 3.34. The van der Waals surface area contributed by atoms with Crippen molar-refractivity contribution in [2.75, 3.05) is 20.3 Å². The van der Waals surface area contributed by atoms with E-state index in [9.17, 15) is 0 Å². The number of hydrogen-bond donors (Lipinski definition) is 1. The van der Waals surface area contributed by atoms with E-state index in [0.717, 1.165) is 31.7 Å². The van der Waals surface area contributed by atoms with Gasteiger partial charge in [0.2, 0.25) is 0 Å². The highest BCUT2D eigenvalue weighted by Crippen LogP contribution is 2.19. The molecule has 1 rings (SSSR count). The van der Waals surface area contributed by atoms with Crippen molar-refractivity contribution in [1.82, 2.24) is 0 Å². The highest BCUT2D eigenvalue weighted by atomic mass is 16.5. The first-order chi connectivity index (χ1) is 9.13. The molecule has 1 aromatic carbocycles. The van der Waals surface area contributed by atoms with Crippen LogP contribution < -0.4 is 10.1 Å². The van der Waals surface area contributed by atoms with Gasteiger partial charge >= 0.3 is 0 Å². The van der Waals surface area contributed by atoms with Crippen LogP contribution in [0, 0.1) is 6.92 Å². The van der Waals surface area contributed by atoms with Gasteiger partial charge in [0.05, 0.1) is 25.3 Å². The molecule has 0 bridgehead atoms. The van der Waals surface area contributed by atoms with Gasteiger partial charge in [0.1, 0.15) is 5.75 Å². The molecule has 2 atom stereocenters. The summed E-state index contributed by atoms with van der Waals surface area (Å²) in [6.07, 6.45) is 2.51. The molecular formula is C16H28NO2+. The van der Waals surface area contributed by atoms with Crippen molar-refractivity contribution >= 4 is 0 Å². The molecule has 0 radical (unpaired) electrons. The van der Waals surface area contributed by atoms with Crippen LogP contribution in [0.5, 0.6) is 5.75 Å². The highest BCUT2D eigenvalue weighted by Gasteiger charge is 2.10. The molecule has 0 saturated heterocycles. The zero-order valence-corrected chi connectivity index (χ0v) is 12.7. The van der Waals surface area contributed by atoms with Crippen LogP contribution >= 0.6 is 0 Å². The first-order valence-corrected chi connectivity index (χ1v) is 7.18. The summed E-state index contributed by atoms with van der Waals surface area (Å²) < 4.78 is 11.0. The maximum absolute atomic E-state index is 5.98. The number of quaternary nitrogens is 1. The molecule has 108 valence electrons. The lowest BCUT2D eigenvalue weighted by atomic mass is 10.1. The zero-order chi connectivity index (χ0) is 14.1. The number of rotatable bonds is 9. The van der Waals surface area contributed by atoms with Crippen molar-refractivity contribution in [2.45, 2.75) is 45.8 Å². The molecule has 1 aromatic rings. The van der Waals surface area contributed by atoms with Gasteiger partial charge < -0.3 is 14.8 Å². The Morgan fingerprint density at radius 2 is 1.89 bits per heavy atom.